The van der Waals surface area contributed by atoms with Gasteiger partial charge in [-0.05, 0) is 32.1 Å². The first kappa shape index (κ1) is 80.0. The molecule has 8 nitrogen and oxygen atoms in total. The van der Waals surface area contributed by atoms with E-state index in [1.54, 1.807) is 6.08 Å². The Labute approximate surface area is 506 Å². The van der Waals surface area contributed by atoms with Crippen molar-refractivity contribution in [3.8, 4) is 0 Å². The van der Waals surface area contributed by atoms with Gasteiger partial charge >= 0.3 is 7.82 Å². The number of hydrogen-bond acceptors (Lipinski definition) is 5. The topological polar surface area (TPSA) is 105 Å². The van der Waals surface area contributed by atoms with E-state index in [2.05, 4.69) is 31.3 Å². The van der Waals surface area contributed by atoms with Crippen LogP contribution in [0.4, 0.5) is 0 Å². The van der Waals surface area contributed by atoms with Gasteiger partial charge in [-0.1, -0.05) is 366 Å². The van der Waals surface area contributed by atoms with Crippen molar-refractivity contribution in [3.63, 3.8) is 0 Å². The maximum Gasteiger partial charge on any atom is 0.472 e. The number of hydrogen-bond donors (Lipinski definition) is 3. The number of aliphatic hydroxyl groups excluding tert-OH is 1. The van der Waals surface area contributed by atoms with Crippen molar-refractivity contribution >= 4 is 13.7 Å². The number of nitrogens with one attached hydrogen (secondary N) is 1. The quantitative estimate of drug-likeness (QED) is 0.0243. The molecule has 0 heterocycles. The van der Waals surface area contributed by atoms with Crippen LogP contribution in [0.2, 0.25) is 0 Å². The number of quaternary nitrogens is 1. The Morgan fingerprint density at radius 3 is 0.988 bits per heavy atom. The standard InChI is InChI=1S/C72H143N2O6P/c1-6-8-10-12-14-16-18-20-22-24-26-28-30-32-34-36-38-40-42-44-46-48-50-52-54-56-58-60-62-64-66-72(76)73-70(69-80-81(77,78)79-68-67-74(3,4)5)71(75)65-63-61-59-57-55-53-51-49-47-45-43-41-39-37-35-33-31-29-27-25-23-21-19-17-15-13-11-9-7-2/h55,57,63,65,70-71,75H,6-54,56,58-62,64,66-69H2,1-5H3,(H-,73,76,77,78)/p+1/b57-55+,65-63+. The average molecular weight is 1160 g/mol. The Hall–Kier alpha value is -1.02. The van der Waals surface area contributed by atoms with Crippen LogP contribution in [0.3, 0.4) is 0 Å². The molecule has 0 rings (SSSR count). The number of amides is 1. The molecule has 0 fully saturated rings. The summed E-state index contributed by atoms with van der Waals surface area (Å²) in [7, 11) is 1.58. The molecule has 0 aromatic heterocycles. The molecular formula is C72H144N2O6P+. The van der Waals surface area contributed by atoms with Crippen LogP contribution in [-0.2, 0) is 18.4 Å². The van der Waals surface area contributed by atoms with E-state index < -0.39 is 20.0 Å². The average Bonchev–Trinajstić information content (AvgIpc) is 3.43. The molecule has 0 radical (unpaired) electrons. The highest BCUT2D eigenvalue weighted by molar-refractivity contribution is 7.47. The molecule has 3 N–H and O–H groups in total. The third-order valence-corrected chi connectivity index (χ3v) is 17.9. The molecule has 0 aliphatic carbocycles. The predicted molar refractivity (Wildman–Crippen MR) is 355 cm³/mol. The maximum absolute atomic E-state index is 13.1. The zero-order chi connectivity index (χ0) is 59.1. The van der Waals surface area contributed by atoms with Gasteiger partial charge in [0.1, 0.15) is 13.2 Å². The van der Waals surface area contributed by atoms with Crippen molar-refractivity contribution in [2.45, 2.75) is 392 Å². The Morgan fingerprint density at radius 2 is 0.679 bits per heavy atom. The highest BCUT2D eigenvalue weighted by atomic mass is 31.2. The number of nitrogens with zero attached hydrogens (tertiary/aromatic N) is 1. The van der Waals surface area contributed by atoms with Crippen molar-refractivity contribution in [1.29, 1.82) is 0 Å². The van der Waals surface area contributed by atoms with Gasteiger partial charge < -0.3 is 19.8 Å². The fraction of sp³-hybridized carbons (Fsp3) is 0.931. The maximum atomic E-state index is 13.1. The zero-order valence-corrected chi connectivity index (χ0v) is 56.2. The molecular weight excluding hydrogens is 1020 g/mol. The number of unbranched alkanes of at least 4 members (excludes halogenated alkanes) is 53. The molecule has 482 valence electrons. The van der Waals surface area contributed by atoms with Crippen molar-refractivity contribution in [2.75, 3.05) is 40.9 Å². The monoisotopic (exact) mass is 1160 g/mol. The first-order valence-corrected chi connectivity index (χ1v) is 37.7. The van der Waals surface area contributed by atoms with E-state index >= 15 is 0 Å². The van der Waals surface area contributed by atoms with Gasteiger partial charge in [-0.2, -0.15) is 0 Å². The van der Waals surface area contributed by atoms with Crippen LogP contribution in [0.5, 0.6) is 0 Å². The lowest BCUT2D eigenvalue weighted by molar-refractivity contribution is -0.870. The van der Waals surface area contributed by atoms with Crippen LogP contribution in [0.15, 0.2) is 24.3 Å². The number of phosphoric acid groups is 1. The number of aliphatic hydroxyl groups is 1. The van der Waals surface area contributed by atoms with E-state index in [1.165, 1.54) is 321 Å². The summed E-state index contributed by atoms with van der Waals surface area (Å²) >= 11 is 0. The minimum atomic E-state index is -4.36. The molecule has 0 bridgehead atoms. The SMILES string of the molecule is CCCCCCCCCCCCCCCCCCCCCCCCC/C=C/CC/C=C/C(O)C(COP(=O)(O)OCC[N+](C)(C)C)NC(=O)CCCCCCCCCCCCCCCCCCCCCCCCCCCCCCCC. The lowest BCUT2D eigenvalue weighted by Gasteiger charge is -2.25. The molecule has 0 aliphatic rings. The molecule has 1 amide bonds. The first-order valence-electron chi connectivity index (χ1n) is 36.2. The zero-order valence-electron chi connectivity index (χ0n) is 55.3. The van der Waals surface area contributed by atoms with E-state index in [4.69, 9.17) is 9.05 Å². The van der Waals surface area contributed by atoms with Gasteiger partial charge in [-0.15, -0.1) is 0 Å². The number of allylic oxidation sites excluding steroid dienone is 3. The number of carbonyl (C=O) groups is 1. The molecule has 3 unspecified atom stereocenters. The van der Waals surface area contributed by atoms with Crippen LogP contribution in [-0.4, -0.2) is 73.4 Å². The highest BCUT2D eigenvalue weighted by Crippen LogP contribution is 2.43. The van der Waals surface area contributed by atoms with E-state index in [1.807, 2.05) is 27.2 Å². The second-order valence-electron chi connectivity index (χ2n) is 26.3. The van der Waals surface area contributed by atoms with Gasteiger partial charge in [0, 0.05) is 6.42 Å². The minimum Gasteiger partial charge on any atom is -0.387 e. The van der Waals surface area contributed by atoms with Crippen molar-refractivity contribution in [1.82, 2.24) is 5.32 Å². The third-order valence-electron chi connectivity index (χ3n) is 16.9. The van der Waals surface area contributed by atoms with Gasteiger partial charge in [0.05, 0.1) is 39.9 Å². The van der Waals surface area contributed by atoms with Crippen LogP contribution in [0.1, 0.15) is 380 Å². The summed E-state index contributed by atoms with van der Waals surface area (Å²) in [5.74, 6) is -0.177. The molecule has 9 heteroatoms. The Kier molecular flexibility index (Phi) is 62.7. The van der Waals surface area contributed by atoms with E-state index in [9.17, 15) is 19.4 Å². The van der Waals surface area contributed by atoms with Crippen LogP contribution in [0.25, 0.3) is 0 Å². The summed E-state index contributed by atoms with van der Waals surface area (Å²) in [5.41, 5.74) is 0. The van der Waals surface area contributed by atoms with E-state index in [0.717, 1.165) is 38.5 Å². The Balaban J connectivity index is 4.05. The molecule has 0 aromatic carbocycles. The van der Waals surface area contributed by atoms with E-state index in [0.29, 0.717) is 17.4 Å². The minimum absolute atomic E-state index is 0.0591. The summed E-state index contributed by atoms with van der Waals surface area (Å²) < 4.78 is 23.8. The number of phosphoric ester groups is 1. The molecule has 0 aromatic rings. The lowest BCUT2D eigenvalue weighted by atomic mass is 10.0. The largest absolute Gasteiger partial charge is 0.472 e. The smallest absolute Gasteiger partial charge is 0.387 e. The molecule has 0 saturated carbocycles. The van der Waals surface area contributed by atoms with E-state index in [-0.39, 0.29) is 19.1 Å². The molecule has 3 atom stereocenters. The van der Waals surface area contributed by atoms with Gasteiger partial charge in [0.2, 0.25) is 5.91 Å². The second-order valence-corrected chi connectivity index (χ2v) is 27.8. The molecule has 0 spiro atoms. The van der Waals surface area contributed by atoms with Crippen molar-refractivity contribution < 1.29 is 32.9 Å². The molecule has 0 saturated heterocycles. The summed E-state index contributed by atoms with van der Waals surface area (Å²) in [4.78, 5) is 23.4. The van der Waals surface area contributed by atoms with Crippen LogP contribution >= 0.6 is 7.82 Å². The fourth-order valence-electron chi connectivity index (χ4n) is 11.3. The molecule has 0 aliphatic heterocycles. The fourth-order valence-corrected chi connectivity index (χ4v) is 12.0. The number of carbonyl (C=O) groups excluding carboxylic acids is 1. The molecule has 81 heavy (non-hydrogen) atoms. The second kappa shape index (κ2) is 63.5. The first-order chi connectivity index (χ1) is 39.5. The number of rotatable bonds is 68. The summed E-state index contributed by atoms with van der Waals surface area (Å²) in [6.45, 7) is 4.87. The van der Waals surface area contributed by atoms with Crippen LogP contribution < -0.4 is 5.32 Å². The van der Waals surface area contributed by atoms with Gasteiger partial charge in [0.25, 0.3) is 0 Å². The Bertz CT molecular complexity index is 1370. The summed E-state index contributed by atoms with van der Waals surface area (Å²) in [6, 6.07) is -0.862. The normalized spacial score (nSPS) is 13.7. The Morgan fingerprint density at radius 1 is 0.407 bits per heavy atom. The van der Waals surface area contributed by atoms with Crippen molar-refractivity contribution in [3.05, 3.63) is 24.3 Å². The van der Waals surface area contributed by atoms with Gasteiger partial charge in [0.15, 0.2) is 0 Å². The highest BCUT2D eigenvalue weighted by Gasteiger charge is 2.28. The predicted octanol–water partition coefficient (Wildman–Crippen LogP) is 23.1. The summed E-state index contributed by atoms with van der Waals surface area (Å²) in [5, 5.41) is 14.0. The van der Waals surface area contributed by atoms with Gasteiger partial charge in [-0.25, -0.2) is 4.57 Å². The third kappa shape index (κ3) is 66.4. The number of likely N-dealkylation sites (N-methyl/N-ethyl adjacent to an activating group) is 1. The van der Waals surface area contributed by atoms with Crippen LogP contribution in [0, 0.1) is 0 Å². The lowest BCUT2D eigenvalue weighted by Crippen LogP contribution is -2.45. The summed E-state index contributed by atoms with van der Waals surface area (Å²) in [6.07, 6.45) is 83.5. The van der Waals surface area contributed by atoms with Crippen molar-refractivity contribution in [2.24, 2.45) is 0 Å². The van der Waals surface area contributed by atoms with Gasteiger partial charge in [-0.3, -0.25) is 13.8 Å².